The zero-order valence-electron chi connectivity index (χ0n) is 22.7. The van der Waals surface area contributed by atoms with Gasteiger partial charge >= 0.3 is 0 Å². The van der Waals surface area contributed by atoms with Crippen molar-refractivity contribution in [3.8, 4) is 0 Å². The van der Waals surface area contributed by atoms with Crippen LogP contribution in [0.5, 0.6) is 0 Å². The number of aliphatic hydroxyl groups excluding tert-OH is 1. The van der Waals surface area contributed by atoms with Crippen molar-refractivity contribution in [3.05, 3.63) is 0 Å². The van der Waals surface area contributed by atoms with E-state index in [1.54, 1.807) is 0 Å². The van der Waals surface area contributed by atoms with Crippen molar-refractivity contribution < 1.29 is 14.6 Å². The van der Waals surface area contributed by atoms with E-state index in [0.29, 0.717) is 13.2 Å². The normalized spacial score (nSPS) is 24.6. The molecule has 3 atom stereocenters. The maximum absolute atomic E-state index is 9.33. The van der Waals surface area contributed by atoms with Crippen LogP contribution in [0.15, 0.2) is 0 Å². The highest BCUT2D eigenvalue weighted by atomic mass is 16.7. The lowest BCUT2D eigenvalue weighted by atomic mass is 9.90. The van der Waals surface area contributed by atoms with Crippen LogP contribution in [0.3, 0.4) is 0 Å². The lowest BCUT2D eigenvalue weighted by Gasteiger charge is -2.40. The summed E-state index contributed by atoms with van der Waals surface area (Å²) < 4.78 is 12.2. The molecule has 1 aliphatic rings. The van der Waals surface area contributed by atoms with Crippen molar-refractivity contribution in [2.45, 2.75) is 137 Å². The second-order valence-electron chi connectivity index (χ2n) is 11.7. The fourth-order valence-electron chi connectivity index (χ4n) is 5.10. The zero-order valence-corrected chi connectivity index (χ0v) is 22.7. The summed E-state index contributed by atoms with van der Waals surface area (Å²) in [6.45, 7) is 15.6. The van der Waals surface area contributed by atoms with Crippen molar-refractivity contribution in [3.63, 3.8) is 0 Å². The SMILES string of the molecule is CCCC1(CCC(C)CCCCC(C)CCCC(C)CCCC(C)C)OCC(CO)CO1. The average molecular weight is 455 g/mol. The summed E-state index contributed by atoms with van der Waals surface area (Å²) >= 11 is 0. The summed E-state index contributed by atoms with van der Waals surface area (Å²) in [6.07, 6.45) is 18.1. The van der Waals surface area contributed by atoms with Crippen LogP contribution in [0.1, 0.15) is 131 Å². The van der Waals surface area contributed by atoms with Gasteiger partial charge in [-0.3, -0.25) is 0 Å². The fourth-order valence-corrected chi connectivity index (χ4v) is 5.10. The number of hydrogen-bond donors (Lipinski definition) is 1. The van der Waals surface area contributed by atoms with E-state index < -0.39 is 5.79 Å². The third kappa shape index (κ3) is 13.6. The molecule has 1 saturated heterocycles. The smallest absolute Gasteiger partial charge is 0.168 e. The highest BCUT2D eigenvalue weighted by Gasteiger charge is 2.36. The predicted molar refractivity (Wildman–Crippen MR) is 138 cm³/mol. The van der Waals surface area contributed by atoms with Crippen LogP contribution >= 0.6 is 0 Å². The first kappa shape index (κ1) is 29.9. The molecule has 1 aliphatic heterocycles. The molecule has 0 aromatic carbocycles. The van der Waals surface area contributed by atoms with Gasteiger partial charge in [0.2, 0.25) is 0 Å². The molecule has 3 unspecified atom stereocenters. The van der Waals surface area contributed by atoms with Gasteiger partial charge in [-0.2, -0.15) is 0 Å². The Morgan fingerprint density at radius 2 is 1.16 bits per heavy atom. The molecule has 0 radical (unpaired) electrons. The molecule has 32 heavy (non-hydrogen) atoms. The van der Waals surface area contributed by atoms with Crippen LogP contribution in [0, 0.1) is 29.6 Å². The Balaban J connectivity index is 2.10. The zero-order chi connectivity index (χ0) is 23.8. The topological polar surface area (TPSA) is 38.7 Å². The first-order chi connectivity index (χ1) is 15.3. The van der Waals surface area contributed by atoms with E-state index in [0.717, 1.165) is 42.9 Å². The average Bonchev–Trinajstić information content (AvgIpc) is 2.76. The number of unbranched alkanes of at least 4 members (excludes halogenated alkanes) is 1. The van der Waals surface area contributed by atoms with Gasteiger partial charge in [-0.1, -0.05) is 112 Å². The quantitative estimate of drug-likeness (QED) is 0.199. The monoisotopic (exact) mass is 454 g/mol. The number of rotatable bonds is 19. The van der Waals surface area contributed by atoms with Gasteiger partial charge in [-0.15, -0.1) is 0 Å². The minimum absolute atomic E-state index is 0.146. The van der Waals surface area contributed by atoms with Gasteiger partial charge in [0.1, 0.15) is 0 Å². The summed E-state index contributed by atoms with van der Waals surface area (Å²) in [5, 5.41) is 9.33. The minimum atomic E-state index is -0.394. The molecule has 0 bridgehead atoms. The van der Waals surface area contributed by atoms with Gasteiger partial charge in [-0.05, 0) is 30.1 Å². The van der Waals surface area contributed by atoms with Crippen LogP contribution in [0.4, 0.5) is 0 Å². The molecule has 192 valence electrons. The highest BCUT2D eigenvalue weighted by Crippen LogP contribution is 2.33. The van der Waals surface area contributed by atoms with Crippen molar-refractivity contribution in [2.75, 3.05) is 19.8 Å². The molecule has 3 heteroatoms. The maximum atomic E-state index is 9.33. The molecule has 1 heterocycles. The summed E-state index contributed by atoms with van der Waals surface area (Å²) in [7, 11) is 0. The Morgan fingerprint density at radius 1 is 0.688 bits per heavy atom. The van der Waals surface area contributed by atoms with Crippen molar-refractivity contribution in [2.24, 2.45) is 29.6 Å². The first-order valence-electron chi connectivity index (χ1n) is 14.2. The van der Waals surface area contributed by atoms with Crippen LogP contribution in [0.25, 0.3) is 0 Å². The van der Waals surface area contributed by atoms with E-state index in [-0.39, 0.29) is 12.5 Å². The molecule has 1 fully saturated rings. The van der Waals surface area contributed by atoms with Crippen LogP contribution in [0.2, 0.25) is 0 Å². The van der Waals surface area contributed by atoms with E-state index >= 15 is 0 Å². The number of ether oxygens (including phenoxy) is 2. The molecule has 0 saturated carbocycles. The molecule has 0 amide bonds. The number of hydrogen-bond acceptors (Lipinski definition) is 3. The van der Waals surface area contributed by atoms with Crippen LogP contribution in [-0.4, -0.2) is 30.7 Å². The Hall–Kier alpha value is -0.120. The van der Waals surface area contributed by atoms with Crippen LogP contribution < -0.4 is 0 Å². The van der Waals surface area contributed by atoms with Crippen molar-refractivity contribution >= 4 is 0 Å². The molecule has 0 aromatic heterocycles. The van der Waals surface area contributed by atoms with Gasteiger partial charge in [0.05, 0.1) is 19.8 Å². The van der Waals surface area contributed by atoms with Gasteiger partial charge in [0.15, 0.2) is 5.79 Å². The second kappa shape index (κ2) is 17.3. The van der Waals surface area contributed by atoms with Gasteiger partial charge in [0.25, 0.3) is 0 Å². The molecule has 3 nitrogen and oxygen atoms in total. The van der Waals surface area contributed by atoms with Gasteiger partial charge in [-0.25, -0.2) is 0 Å². The van der Waals surface area contributed by atoms with Gasteiger partial charge in [0, 0.05) is 18.8 Å². The van der Waals surface area contributed by atoms with E-state index in [4.69, 9.17) is 9.47 Å². The molecule has 0 spiro atoms. The molecule has 1 N–H and O–H groups in total. The van der Waals surface area contributed by atoms with Gasteiger partial charge < -0.3 is 14.6 Å². The van der Waals surface area contributed by atoms with E-state index in [2.05, 4.69) is 41.5 Å². The molecular weight excluding hydrogens is 396 g/mol. The molecule has 0 aromatic rings. The summed E-state index contributed by atoms with van der Waals surface area (Å²) in [6, 6.07) is 0. The van der Waals surface area contributed by atoms with E-state index in [9.17, 15) is 5.11 Å². The standard InChI is InChI=1S/C29H58O3/c1-7-19-29(31-22-28(21-30)23-32-29)20-18-27(6)14-9-8-13-25(4)16-11-17-26(5)15-10-12-24(2)3/h24-28,30H,7-23H2,1-6H3. The largest absolute Gasteiger partial charge is 0.396 e. The first-order valence-corrected chi connectivity index (χ1v) is 14.2. The minimum Gasteiger partial charge on any atom is -0.396 e. The lowest BCUT2D eigenvalue weighted by molar-refractivity contribution is -0.292. The predicted octanol–water partition coefficient (Wildman–Crippen LogP) is 8.38. The van der Waals surface area contributed by atoms with E-state index in [1.807, 2.05) is 0 Å². The van der Waals surface area contributed by atoms with Crippen molar-refractivity contribution in [1.29, 1.82) is 0 Å². The lowest BCUT2D eigenvalue weighted by Crippen LogP contribution is -2.45. The number of aliphatic hydroxyl groups is 1. The fraction of sp³-hybridized carbons (Fsp3) is 1.00. The Morgan fingerprint density at radius 3 is 1.62 bits per heavy atom. The Bertz CT molecular complexity index is 428. The Kier molecular flexibility index (Phi) is 16.2. The third-order valence-corrected chi connectivity index (χ3v) is 7.59. The molecule has 0 aliphatic carbocycles. The summed E-state index contributed by atoms with van der Waals surface area (Å²) in [4.78, 5) is 0. The van der Waals surface area contributed by atoms with Crippen LogP contribution in [-0.2, 0) is 9.47 Å². The third-order valence-electron chi connectivity index (χ3n) is 7.59. The highest BCUT2D eigenvalue weighted by molar-refractivity contribution is 4.77. The van der Waals surface area contributed by atoms with E-state index in [1.165, 1.54) is 70.6 Å². The summed E-state index contributed by atoms with van der Waals surface area (Å²) in [5.74, 6) is 3.13. The molecular formula is C29H58O3. The second-order valence-corrected chi connectivity index (χ2v) is 11.7. The maximum Gasteiger partial charge on any atom is 0.168 e. The van der Waals surface area contributed by atoms with Crippen molar-refractivity contribution in [1.82, 2.24) is 0 Å². The Labute approximate surface area is 201 Å². The summed E-state index contributed by atoms with van der Waals surface area (Å²) in [5.41, 5.74) is 0. The molecule has 1 rings (SSSR count).